The molecule has 3 rings (SSSR count). The smallest absolute Gasteiger partial charge is 0.404 e. The van der Waals surface area contributed by atoms with Gasteiger partial charge in [0.05, 0.1) is 10.6 Å². The van der Waals surface area contributed by atoms with Gasteiger partial charge in [0.25, 0.3) is 0 Å². The number of carboxylic acid groups (broad SMARTS) is 1. The van der Waals surface area contributed by atoms with Crippen LogP contribution in [0.1, 0.15) is 5.69 Å². The number of aromatic nitrogens is 2. The summed E-state index contributed by atoms with van der Waals surface area (Å²) in [6.45, 7) is -0.0334. The van der Waals surface area contributed by atoms with Crippen LogP contribution in [0.5, 0.6) is 0 Å². The van der Waals surface area contributed by atoms with Gasteiger partial charge in [0, 0.05) is 23.5 Å². The van der Waals surface area contributed by atoms with Crippen molar-refractivity contribution in [2.45, 2.75) is 16.3 Å². The van der Waals surface area contributed by atoms with E-state index in [0.29, 0.717) is 4.47 Å². The van der Waals surface area contributed by atoms with E-state index in [1.54, 1.807) is 6.07 Å². The number of nitrogens with zero attached hydrogens (tertiary/aromatic N) is 2. The SMILES string of the molecule is O=C(O)NCCc1cc(S(=O)(=O)c2cccc(Br)c2)n(-c2cc(F)ccc2F)n1. The van der Waals surface area contributed by atoms with E-state index in [4.69, 9.17) is 5.11 Å². The minimum absolute atomic E-state index is 0.0334. The van der Waals surface area contributed by atoms with Gasteiger partial charge in [-0.1, -0.05) is 22.0 Å². The fraction of sp³-hybridized carbons (Fsp3) is 0.111. The number of benzene rings is 2. The lowest BCUT2D eigenvalue weighted by atomic mass is 10.3. The van der Waals surface area contributed by atoms with Crippen LogP contribution in [0.3, 0.4) is 0 Å². The molecule has 2 N–H and O–H groups in total. The molecule has 152 valence electrons. The second-order valence-electron chi connectivity index (χ2n) is 5.92. The zero-order chi connectivity index (χ0) is 21.2. The molecule has 0 radical (unpaired) electrons. The molecular weight excluding hydrogens is 472 g/mol. The maximum atomic E-state index is 14.3. The predicted molar refractivity (Wildman–Crippen MR) is 103 cm³/mol. The van der Waals surface area contributed by atoms with Gasteiger partial charge in [-0.25, -0.2) is 26.7 Å². The fourth-order valence-corrected chi connectivity index (χ4v) is 4.59. The molecule has 7 nitrogen and oxygen atoms in total. The van der Waals surface area contributed by atoms with E-state index in [2.05, 4.69) is 26.3 Å². The van der Waals surface area contributed by atoms with Crippen LogP contribution < -0.4 is 5.32 Å². The van der Waals surface area contributed by atoms with Crippen molar-refractivity contribution in [1.29, 1.82) is 0 Å². The first-order chi connectivity index (χ1) is 13.7. The van der Waals surface area contributed by atoms with Crippen molar-refractivity contribution in [3.63, 3.8) is 0 Å². The van der Waals surface area contributed by atoms with Crippen molar-refractivity contribution in [1.82, 2.24) is 15.1 Å². The van der Waals surface area contributed by atoms with E-state index >= 15 is 0 Å². The number of sulfone groups is 1. The van der Waals surface area contributed by atoms with Crippen molar-refractivity contribution < 1.29 is 27.1 Å². The van der Waals surface area contributed by atoms with Gasteiger partial charge in [0.1, 0.15) is 17.3 Å². The van der Waals surface area contributed by atoms with E-state index in [-0.39, 0.29) is 34.3 Å². The topological polar surface area (TPSA) is 101 Å². The predicted octanol–water partition coefficient (Wildman–Crippen LogP) is 3.56. The van der Waals surface area contributed by atoms with Gasteiger partial charge in [0.2, 0.25) is 9.84 Å². The van der Waals surface area contributed by atoms with E-state index in [9.17, 15) is 22.0 Å². The molecular formula is C18H14BrF2N3O4S. The standard InChI is InChI=1S/C18H14BrF2N3O4S/c19-11-2-1-3-14(8-11)29(27,28)17-10-13(6-7-22-18(25)26)23-24(17)16-9-12(20)4-5-15(16)21/h1-5,8-10,22H,6-7H2,(H,25,26). The van der Waals surface area contributed by atoms with Crippen LogP contribution in [0.4, 0.5) is 13.6 Å². The Labute approximate surface area is 173 Å². The number of hydrogen-bond acceptors (Lipinski definition) is 4. The third kappa shape index (κ3) is 4.62. The molecule has 1 heterocycles. The Morgan fingerprint density at radius 3 is 2.62 bits per heavy atom. The minimum atomic E-state index is -4.15. The molecule has 0 atom stereocenters. The van der Waals surface area contributed by atoms with Gasteiger partial charge in [-0.3, -0.25) is 0 Å². The van der Waals surface area contributed by atoms with Crippen LogP contribution >= 0.6 is 15.9 Å². The van der Waals surface area contributed by atoms with E-state index < -0.39 is 27.6 Å². The van der Waals surface area contributed by atoms with E-state index in [1.807, 2.05) is 0 Å². The van der Waals surface area contributed by atoms with Gasteiger partial charge < -0.3 is 10.4 Å². The maximum absolute atomic E-state index is 14.3. The van der Waals surface area contributed by atoms with Crippen molar-refractivity contribution in [3.05, 3.63) is 70.3 Å². The summed E-state index contributed by atoms with van der Waals surface area (Å²) in [6, 6.07) is 9.73. The molecule has 0 unspecified atom stereocenters. The quantitative estimate of drug-likeness (QED) is 0.555. The Morgan fingerprint density at radius 1 is 1.17 bits per heavy atom. The van der Waals surface area contributed by atoms with Crippen LogP contribution in [0, 0.1) is 11.6 Å². The van der Waals surface area contributed by atoms with Crippen LogP contribution in [-0.2, 0) is 16.3 Å². The summed E-state index contributed by atoms with van der Waals surface area (Å²) < 4.78 is 55.7. The zero-order valence-electron chi connectivity index (χ0n) is 14.6. The van der Waals surface area contributed by atoms with E-state index in [1.165, 1.54) is 24.3 Å². The molecule has 0 aliphatic heterocycles. The van der Waals surface area contributed by atoms with Crippen LogP contribution in [-0.4, -0.2) is 35.9 Å². The van der Waals surface area contributed by atoms with Gasteiger partial charge >= 0.3 is 6.09 Å². The molecule has 0 spiro atoms. The lowest BCUT2D eigenvalue weighted by molar-refractivity contribution is 0.194. The van der Waals surface area contributed by atoms with Crippen LogP contribution in [0.15, 0.2) is 62.9 Å². The Bertz CT molecular complexity index is 1180. The second kappa shape index (κ2) is 8.29. The molecule has 0 saturated carbocycles. The monoisotopic (exact) mass is 485 g/mol. The highest BCUT2D eigenvalue weighted by molar-refractivity contribution is 9.10. The number of nitrogens with one attached hydrogen (secondary N) is 1. The summed E-state index contributed by atoms with van der Waals surface area (Å²) in [4.78, 5) is 10.5. The number of hydrogen-bond donors (Lipinski definition) is 2. The van der Waals surface area contributed by atoms with Crippen molar-refractivity contribution in [2.24, 2.45) is 0 Å². The third-order valence-corrected chi connectivity index (χ3v) is 6.11. The van der Waals surface area contributed by atoms with Crippen molar-refractivity contribution >= 4 is 31.9 Å². The first-order valence-electron chi connectivity index (χ1n) is 8.20. The molecule has 0 aliphatic rings. The van der Waals surface area contributed by atoms with Crippen molar-refractivity contribution in [3.8, 4) is 5.69 Å². The number of amides is 1. The first-order valence-corrected chi connectivity index (χ1v) is 10.5. The first kappa shape index (κ1) is 20.9. The van der Waals surface area contributed by atoms with Gasteiger partial charge in [-0.15, -0.1) is 0 Å². The Hall–Kier alpha value is -2.79. The summed E-state index contributed by atoms with van der Waals surface area (Å²) in [5.74, 6) is -1.63. The highest BCUT2D eigenvalue weighted by Crippen LogP contribution is 2.27. The molecule has 1 aromatic heterocycles. The average Bonchev–Trinajstić information content (AvgIpc) is 3.08. The maximum Gasteiger partial charge on any atom is 0.404 e. The number of carbonyl (C=O) groups is 1. The van der Waals surface area contributed by atoms with Gasteiger partial charge in [0.15, 0.2) is 5.03 Å². The highest BCUT2D eigenvalue weighted by Gasteiger charge is 2.26. The Morgan fingerprint density at radius 2 is 1.93 bits per heavy atom. The summed E-state index contributed by atoms with van der Waals surface area (Å²) in [5, 5.41) is 14.5. The molecule has 2 aromatic carbocycles. The average molecular weight is 486 g/mol. The second-order valence-corrected chi connectivity index (χ2v) is 8.74. The molecule has 11 heteroatoms. The van der Waals surface area contributed by atoms with Gasteiger partial charge in [-0.2, -0.15) is 5.10 Å². The molecule has 1 amide bonds. The normalized spacial score (nSPS) is 11.4. The molecule has 0 fully saturated rings. The molecule has 29 heavy (non-hydrogen) atoms. The molecule has 0 aliphatic carbocycles. The fourth-order valence-electron chi connectivity index (χ4n) is 2.60. The van der Waals surface area contributed by atoms with Gasteiger partial charge in [-0.05, 0) is 36.4 Å². The van der Waals surface area contributed by atoms with E-state index in [0.717, 1.165) is 22.9 Å². The van der Waals surface area contributed by atoms with Crippen LogP contribution in [0.25, 0.3) is 5.69 Å². The van der Waals surface area contributed by atoms with Crippen molar-refractivity contribution in [2.75, 3.05) is 6.54 Å². The lowest BCUT2D eigenvalue weighted by Gasteiger charge is -2.10. The number of rotatable bonds is 6. The highest BCUT2D eigenvalue weighted by atomic mass is 79.9. The Kier molecular flexibility index (Phi) is 5.99. The molecule has 0 bridgehead atoms. The zero-order valence-corrected chi connectivity index (χ0v) is 17.0. The minimum Gasteiger partial charge on any atom is -0.465 e. The summed E-state index contributed by atoms with van der Waals surface area (Å²) >= 11 is 3.20. The molecule has 3 aromatic rings. The largest absolute Gasteiger partial charge is 0.465 e. The number of halogens is 3. The van der Waals surface area contributed by atoms with Crippen LogP contribution in [0.2, 0.25) is 0 Å². The summed E-state index contributed by atoms with van der Waals surface area (Å²) in [6.07, 6.45) is -1.19. The Balaban J connectivity index is 2.14. The molecule has 0 saturated heterocycles. The third-order valence-electron chi connectivity index (χ3n) is 3.90. The summed E-state index contributed by atoms with van der Waals surface area (Å²) in [7, 11) is -4.15. The lowest BCUT2D eigenvalue weighted by Crippen LogP contribution is -2.23. The summed E-state index contributed by atoms with van der Waals surface area (Å²) in [5.41, 5.74) is -0.188.